The van der Waals surface area contributed by atoms with E-state index in [9.17, 15) is 14.0 Å². The second kappa shape index (κ2) is 12.6. The van der Waals surface area contributed by atoms with E-state index in [1.807, 2.05) is 61.3 Å². The predicted molar refractivity (Wildman–Crippen MR) is 157 cm³/mol. The number of rotatable bonds is 8. The summed E-state index contributed by atoms with van der Waals surface area (Å²) in [4.78, 5) is 35.7. The quantitative estimate of drug-likeness (QED) is 0.412. The van der Waals surface area contributed by atoms with Gasteiger partial charge in [0.25, 0.3) is 5.91 Å². The molecule has 1 fully saturated rings. The van der Waals surface area contributed by atoms with Gasteiger partial charge in [0.1, 0.15) is 0 Å². The van der Waals surface area contributed by atoms with Gasteiger partial charge in [0.05, 0.1) is 11.9 Å². The van der Waals surface area contributed by atoms with E-state index in [0.717, 1.165) is 34.5 Å². The van der Waals surface area contributed by atoms with Crippen LogP contribution in [0.25, 0.3) is 11.1 Å². The Morgan fingerprint density at radius 2 is 1.88 bits per heavy atom. The number of benzene rings is 1. The van der Waals surface area contributed by atoms with Gasteiger partial charge in [-0.25, -0.2) is 4.39 Å². The molecule has 41 heavy (non-hydrogen) atoms. The molecule has 2 amide bonds. The van der Waals surface area contributed by atoms with Gasteiger partial charge >= 0.3 is 0 Å². The van der Waals surface area contributed by atoms with Crippen LogP contribution in [0.5, 0.6) is 0 Å². The minimum Gasteiger partial charge on any atom is -0.366 e. The zero-order valence-electron chi connectivity index (χ0n) is 24.7. The number of piperazine rings is 1. The number of aromatic nitrogens is 2. The molecule has 0 spiro atoms. The topological polar surface area (TPSA) is 94.8 Å². The maximum atomic E-state index is 14.7. The van der Waals surface area contributed by atoms with Crippen LogP contribution in [0.4, 0.5) is 10.1 Å². The highest BCUT2D eigenvalue weighted by atomic mass is 19.1. The molecule has 9 nitrogen and oxygen atoms in total. The van der Waals surface area contributed by atoms with Gasteiger partial charge in [0, 0.05) is 62.5 Å². The molecule has 1 aromatic carbocycles. The number of hydrogen-bond donors (Lipinski definition) is 1. The number of carbonyl (C=O) groups excluding carboxylic acids is 2. The lowest BCUT2D eigenvalue weighted by Gasteiger charge is -2.36. The number of aryl methyl sites for hydroxylation is 1. The number of pyridine rings is 1. The molecular formula is C31H39FN6O3. The third-order valence-electron chi connectivity index (χ3n) is 7.09. The molecule has 0 bridgehead atoms. The highest BCUT2D eigenvalue weighted by Crippen LogP contribution is 2.32. The van der Waals surface area contributed by atoms with Gasteiger partial charge in [0.15, 0.2) is 11.6 Å². The first-order chi connectivity index (χ1) is 19.5. The summed E-state index contributed by atoms with van der Waals surface area (Å²) in [6, 6.07) is 8.04. The molecule has 2 aromatic heterocycles. The summed E-state index contributed by atoms with van der Waals surface area (Å²) in [5, 5.41) is 6.42. The molecule has 1 aliphatic rings. The fourth-order valence-corrected chi connectivity index (χ4v) is 4.73. The third-order valence-corrected chi connectivity index (χ3v) is 7.09. The van der Waals surface area contributed by atoms with Crippen LogP contribution in [0.15, 0.2) is 53.3 Å². The molecule has 0 unspecified atom stereocenters. The largest absolute Gasteiger partial charge is 0.366 e. The predicted octanol–water partition coefficient (Wildman–Crippen LogP) is 4.18. The summed E-state index contributed by atoms with van der Waals surface area (Å²) in [5.74, 6) is -1.25. The van der Waals surface area contributed by atoms with Crippen LogP contribution in [0, 0.1) is 12.7 Å². The van der Waals surface area contributed by atoms with Crippen molar-refractivity contribution in [2.45, 2.75) is 39.7 Å². The Bertz CT molecular complexity index is 1420. The Morgan fingerprint density at radius 3 is 2.51 bits per heavy atom. The number of hydrogen-bond acceptors (Lipinski definition) is 7. The number of carbonyl (C=O) groups is 2. The number of anilines is 1. The van der Waals surface area contributed by atoms with Crippen LogP contribution in [-0.4, -0.2) is 78.6 Å². The van der Waals surface area contributed by atoms with E-state index in [0.29, 0.717) is 26.2 Å². The van der Waals surface area contributed by atoms with Gasteiger partial charge in [-0.2, -0.15) is 0 Å². The smallest absolute Gasteiger partial charge is 0.276 e. The van der Waals surface area contributed by atoms with Crippen molar-refractivity contribution in [3.05, 3.63) is 77.2 Å². The number of halogens is 1. The third kappa shape index (κ3) is 7.18. The lowest BCUT2D eigenvalue weighted by molar-refractivity contribution is -0.126. The molecular weight excluding hydrogens is 523 g/mol. The first kappa shape index (κ1) is 29.9. The van der Waals surface area contributed by atoms with Crippen molar-refractivity contribution < 1.29 is 18.5 Å². The molecule has 1 aliphatic heterocycles. The SMILES string of the molecule is Cc1cc(-c2ccncc2N2CCN(C(=O)C=CCN(C)C)CC2)ccc1CNC(=O)c1noc(C(C)(C)C)c1F. The first-order valence-electron chi connectivity index (χ1n) is 13.8. The van der Waals surface area contributed by atoms with Gasteiger partial charge in [-0.3, -0.25) is 14.6 Å². The number of likely N-dealkylation sites (N-methyl/N-ethyl adjacent to an activating group) is 1. The van der Waals surface area contributed by atoms with E-state index in [2.05, 4.69) is 26.4 Å². The molecule has 3 aromatic rings. The van der Waals surface area contributed by atoms with Crippen molar-refractivity contribution in [2.24, 2.45) is 0 Å². The summed E-state index contributed by atoms with van der Waals surface area (Å²) in [6.07, 6.45) is 7.19. The second-order valence-corrected chi connectivity index (χ2v) is 11.6. The molecule has 218 valence electrons. The molecule has 3 heterocycles. The molecule has 1 N–H and O–H groups in total. The zero-order chi connectivity index (χ0) is 29.7. The summed E-state index contributed by atoms with van der Waals surface area (Å²) >= 11 is 0. The minimum absolute atomic E-state index is 0.0390. The van der Waals surface area contributed by atoms with Crippen LogP contribution < -0.4 is 10.2 Å². The van der Waals surface area contributed by atoms with Crippen molar-refractivity contribution in [3.63, 3.8) is 0 Å². The Kier molecular flexibility index (Phi) is 9.22. The van der Waals surface area contributed by atoms with Crippen LogP contribution in [-0.2, 0) is 16.8 Å². The average molecular weight is 563 g/mol. The van der Waals surface area contributed by atoms with Crippen LogP contribution in [0.3, 0.4) is 0 Å². The fraction of sp³-hybridized carbons (Fsp3) is 0.419. The lowest BCUT2D eigenvalue weighted by atomic mass is 9.92. The van der Waals surface area contributed by atoms with E-state index in [-0.39, 0.29) is 23.9 Å². The van der Waals surface area contributed by atoms with E-state index in [4.69, 9.17) is 4.52 Å². The van der Waals surface area contributed by atoms with Crippen LogP contribution >= 0.6 is 0 Å². The monoisotopic (exact) mass is 562 g/mol. The van der Waals surface area contributed by atoms with Crippen molar-refractivity contribution in [2.75, 3.05) is 51.7 Å². The first-order valence-corrected chi connectivity index (χ1v) is 13.8. The van der Waals surface area contributed by atoms with Crippen molar-refractivity contribution >= 4 is 17.5 Å². The number of nitrogens with zero attached hydrogens (tertiary/aromatic N) is 5. The average Bonchev–Trinajstić information content (AvgIpc) is 3.34. The van der Waals surface area contributed by atoms with Gasteiger partial charge in [-0.05, 0) is 43.8 Å². The molecule has 1 saturated heterocycles. The zero-order valence-corrected chi connectivity index (χ0v) is 24.7. The van der Waals surface area contributed by atoms with E-state index in [1.54, 1.807) is 33.0 Å². The normalized spacial score (nSPS) is 14.2. The van der Waals surface area contributed by atoms with Crippen LogP contribution in [0.2, 0.25) is 0 Å². The summed E-state index contributed by atoms with van der Waals surface area (Å²) in [5.41, 5.74) is 4.05. The Balaban J connectivity index is 1.42. The standard InChI is InChI=1S/C31H39FN6O3/c1-21-18-22(9-10-23(21)19-34-30(40)28-27(32)29(41-35-28)31(2,3)4)24-11-12-33-20-25(24)37-14-16-38(17-15-37)26(39)8-7-13-36(5)6/h7-12,18,20H,13-17,19H2,1-6H3,(H,34,40). The Labute approximate surface area is 241 Å². The highest BCUT2D eigenvalue weighted by molar-refractivity contribution is 5.92. The second-order valence-electron chi connectivity index (χ2n) is 11.6. The highest BCUT2D eigenvalue weighted by Gasteiger charge is 2.30. The molecule has 10 heteroatoms. The van der Waals surface area contributed by atoms with E-state index < -0.39 is 17.1 Å². The van der Waals surface area contributed by atoms with Crippen molar-refractivity contribution in [3.8, 4) is 11.1 Å². The fourth-order valence-electron chi connectivity index (χ4n) is 4.73. The number of nitrogens with one attached hydrogen (secondary N) is 1. The maximum absolute atomic E-state index is 14.7. The summed E-state index contributed by atoms with van der Waals surface area (Å²) in [6.45, 7) is 11.0. The number of amides is 2. The van der Waals surface area contributed by atoms with Gasteiger partial charge in [-0.15, -0.1) is 0 Å². The van der Waals surface area contributed by atoms with E-state index in [1.165, 1.54) is 0 Å². The molecule has 0 radical (unpaired) electrons. The van der Waals surface area contributed by atoms with Gasteiger partial charge < -0.3 is 24.5 Å². The van der Waals surface area contributed by atoms with Crippen molar-refractivity contribution in [1.29, 1.82) is 0 Å². The molecule has 0 atom stereocenters. The maximum Gasteiger partial charge on any atom is 0.276 e. The summed E-state index contributed by atoms with van der Waals surface area (Å²) in [7, 11) is 3.94. The lowest BCUT2D eigenvalue weighted by Crippen LogP contribution is -2.48. The minimum atomic E-state index is -0.724. The van der Waals surface area contributed by atoms with Crippen molar-refractivity contribution in [1.82, 2.24) is 25.3 Å². The molecule has 4 rings (SSSR count). The Hall–Kier alpha value is -4.05. The van der Waals surface area contributed by atoms with Crippen LogP contribution in [0.1, 0.15) is 48.1 Å². The van der Waals surface area contributed by atoms with Gasteiger partial charge in [-0.1, -0.05) is 50.2 Å². The van der Waals surface area contributed by atoms with E-state index >= 15 is 0 Å². The van der Waals surface area contributed by atoms with Gasteiger partial charge in [0.2, 0.25) is 11.6 Å². The molecule has 0 aliphatic carbocycles. The summed E-state index contributed by atoms with van der Waals surface area (Å²) < 4.78 is 19.8. The molecule has 0 saturated carbocycles. The Morgan fingerprint density at radius 1 is 1.15 bits per heavy atom.